The first-order valence-electron chi connectivity index (χ1n) is 6.69. The lowest BCUT2D eigenvalue weighted by Gasteiger charge is -2.18. The predicted octanol–water partition coefficient (Wildman–Crippen LogP) is 4.05. The highest BCUT2D eigenvalue weighted by molar-refractivity contribution is 6.30. The van der Waals surface area contributed by atoms with E-state index >= 15 is 0 Å². The van der Waals surface area contributed by atoms with E-state index in [1.54, 1.807) is 11.1 Å². The Hall–Kier alpha value is -2.39. The fourth-order valence-electron chi connectivity index (χ4n) is 2.84. The van der Waals surface area contributed by atoms with Crippen LogP contribution in [0.3, 0.4) is 0 Å². The zero-order chi connectivity index (χ0) is 14.4. The molecule has 4 heteroatoms. The summed E-state index contributed by atoms with van der Waals surface area (Å²) in [6.45, 7) is 0.430. The van der Waals surface area contributed by atoms with E-state index in [0.29, 0.717) is 11.7 Å². The molecule has 1 amide bonds. The molecule has 4 rings (SSSR count). The Labute approximate surface area is 126 Å². The van der Waals surface area contributed by atoms with E-state index in [2.05, 4.69) is 4.98 Å². The van der Waals surface area contributed by atoms with Gasteiger partial charge in [-0.1, -0.05) is 41.9 Å². The highest BCUT2D eigenvalue weighted by Crippen LogP contribution is 2.38. The van der Waals surface area contributed by atoms with Gasteiger partial charge in [0, 0.05) is 22.7 Å². The van der Waals surface area contributed by atoms with Crippen molar-refractivity contribution in [3.63, 3.8) is 0 Å². The molecule has 0 saturated carbocycles. The number of pyridine rings is 1. The minimum absolute atomic E-state index is 0.0155. The molecule has 2 heterocycles. The molecule has 0 radical (unpaired) electrons. The van der Waals surface area contributed by atoms with Gasteiger partial charge in [-0.05, 0) is 23.6 Å². The number of hydrogen-bond donors (Lipinski definition) is 0. The number of rotatable bonds is 2. The van der Waals surface area contributed by atoms with Gasteiger partial charge >= 0.3 is 0 Å². The maximum absolute atomic E-state index is 12.7. The number of amides is 1. The molecule has 0 unspecified atom stereocenters. The van der Waals surface area contributed by atoms with Crippen molar-refractivity contribution in [1.82, 2.24) is 4.98 Å². The zero-order valence-corrected chi connectivity index (χ0v) is 11.8. The van der Waals surface area contributed by atoms with Gasteiger partial charge in [-0.3, -0.25) is 4.79 Å². The first kappa shape index (κ1) is 12.4. The van der Waals surface area contributed by atoms with Crippen LogP contribution < -0.4 is 4.90 Å². The Morgan fingerprint density at radius 3 is 2.67 bits per heavy atom. The SMILES string of the molecule is O=C1c2cccc3cccc(c23)N1Cc1cccnc1Cl. The summed E-state index contributed by atoms with van der Waals surface area (Å²) in [7, 11) is 0. The number of halogens is 1. The molecular formula is C17H11ClN2O. The zero-order valence-electron chi connectivity index (χ0n) is 11.1. The van der Waals surface area contributed by atoms with Crippen LogP contribution >= 0.6 is 11.6 Å². The van der Waals surface area contributed by atoms with Crippen LogP contribution in [0.2, 0.25) is 5.15 Å². The Balaban J connectivity index is 1.85. The van der Waals surface area contributed by atoms with E-state index in [1.807, 2.05) is 48.5 Å². The summed E-state index contributed by atoms with van der Waals surface area (Å²) in [4.78, 5) is 18.5. The number of carbonyl (C=O) groups excluding carboxylic acids is 1. The predicted molar refractivity (Wildman–Crippen MR) is 83.7 cm³/mol. The lowest BCUT2D eigenvalue weighted by Crippen LogP contribution is -2.26. The molecule has 1 aliphatic heterocycles. The van der Waals surface area contributed by atoms with Crippen molar-refractivity contribution >= 4 is 34.0 Å². The van der Waals surface area contributed by atoms with Crippen LogP contribution in [-0.4, -0.2) is 10.9 Å². The average Bonchev–Trinajstić information content (AvgIpc) is 2.78. The van der Waals surface area contributed by atoms with Gasteiger partial charge < -0.3 is 4.90 Å². The van der Waals surface area contributed by atoms with Gasteiger partial charge in [-0.2, -0.15) is 0 Å². The van der Waals surface area contributed by atoms with Crippen LogP contribution in [0.25, 0.3) is 10.8 Å². The standard InChI is InChI=1S/C17H11ClN2O/c18-16-12(6-3-9-19-16)10-20-14-8-2-5-11-4-1-7-13(15(11)14)17(20)21/h1-9H,10H2. The number of hydrogen-bond acceptors (Lipinski definition) is 2. The molecule has 102 valence electrons. The van der Waals surface area contributed by atoms with Gasteiger partial charge in [-0.25, -0.2) is 4.98 Å². The molecule has 1 aliphatic rings. The van der Waals surface area contributed by atoms with Crippen molar-refractivity contribution < 1.29 is 4.79 Å². The van der Waals surface area contributed by atoms with E-state index < -0.39 is 0 Å². The number of aromatic nitrogens is 1. The van der Waals surface area contributed by atoms with Gasteiger partial charge in [0.25, 0.3) is 5.91 Å². The van der Waals surface area contributed by atoms with Crippen molar-refractivity contribution in [2.75, 3.05) is 4.90 Å². The molecule has 0 spiro atoms. The fourth-order valence-corrected chi connectivity index (χ4v) is 3.02. The highest BCUT2D eigenvalue weighted by atomic mass is 35.5. The van der Waals surface area contributed by atoms with Crippen molar-refractivity contribution in [2.45, 2.75) is 6.54 Å². The lowest BCUT2D eigenvalue weighted by molar-refractivity contribution is 0.0991. The Morgan fingerprint density at radius 1 is 1.05 bits per heavy atom. The summed E-state index contributed by atoms with van der Waals surface area (Å²) in [5, 5.41) is 2.54. The fraction of sp³-hybridized carbons (Fsp3) is 0.0588. The Kier molecular flexibility index (Phi) is 2.69. The molecular weight excluding hydrogens is 284 g/mol. The third-order valence-corrected chi connectivity index (χ3v) is 4.15. The smallest absolute Gasteiger partial charge is 0.259 e. The normalized spacial score (nSPS) is 13.2. The molecule has 1 aromatic heterocycles. The molecule has 0 aliphatic carbocycles. The van der Waals surface area contributed by atoms with Crippen molar-refractivity contribution in [3.8, 4) is 0 Å². The third-order valence-electron chi connectivity index (χ3n) is 3.81. The van der Waals surface area contributed by atoms with Gasteiger partial charge in [0.2, 0.25) is 0 Å². The van der Waals surface area contributed by atoms with Crippen LogP contribution in [0.1, 0.15) is 15.9 Å². The lowest BCUT2D eigenvalue weighted by atomic mass is 10.1. The maximum Gasteiger partial charge on any atom is 0.259 e. The average molecular weight is 295 g/mol. The minimum atomic E-state index is 0.0155. The maximum atomic E-state index is 12.7. The summed E-state index contributed by atoms with van der Waals surface area (Å²) in [5.41, 5.74) is 2.54. The summed E-state index contributed by atoms with van der Waals surface area (Å²) in [6.07, 6.45) is 1.65. The first-order valence-corrected chi connectivity index (χ1v) is 7.06. The third kappa shape index (κ3) is 1.82. The largest absolute Gasteiger partial charge is 0.303 e. The molecule has 3 aromatic rings. The molecule has 0 N–H and O–H groups in total. The summed E-state index contributed by atoms with van der Waals surface area (Å²) < 4.78 is 0. The van der Waals surface area contributed by atoms with E-state index in [1.165, 1.54) is 0 Å². The second kappa shape index (κ2) is 4.57. The van der Waals surface area contributed by atoms with E-state index in [-0.39, 0.29) is 5.91 Å². The monoisotopic (exact) mass is 294 g/mol. The second-order valence-electron chi connectivity index (χ2n) is 5.03. The van der Waals surface area contributed by atoms with Crippen molar-refractivity contribution in [1.29, 1.82) is 0 Å². The number of nitrogens with zero attached hydrogens (tertiary/aromatic N) is 2. The quantitative estimate of drug-likeness (QED) is 0.668. The summed E-state index contributed by atoms with van der Waals surface area (Å²) >= 11 is 6.12. The molecule has 0 atom stereocenters. The molecule has 21 heavy (non-hydrogen) atoms. The molecule has 0 bridgehead atoms. The molecule has 0 saturated heterocycles. The van der Waals surface area contributed by atoms with E-state index in [4.69, 9.17) is 11.6 Å². The highest BCUT2D eigenvalue weighted by Gasteiger charge is 2.29. The molecule has 3 nitrogen and oxygen atoms in total. The van der Waals surface area contributed by atoms with Gasteiger partial charge in [0.05, 0.1) is 12.2 Å². The number of carbonyl (C=O) groups is 1. The van der Waals surface area contributed by atoms with Crippen LogP contribution in [0.5, 0.6) is 0 Å². The summed E-state index contributed by atoms with van der Waals surface area (Å²) in [5.74, 6) is 0.0155. The topological polar surface area (TPSA) is 33.2 Å². The Bertz CT molecular complexity index is 870. The van der Waals surface area contributed by atoms with E-state index in [0.717, 1.165) is 27.6 Å². The van der Waals surface area contributed by atoms with Crippen LogP contribution in [0.15, 0.2) is 54.7 Å². The minimum Gasteiger partial charge on any atom is -0.303 e. The molecule has 2 aromatic carbocycles. The molecule has 0 fully saturated rings. The van der Waals surface area contributed by atoms with Crippen LogP contribution in [0.4, 0.5) is 5.69 Å². The van der Waals surface area contributed by atoms with Crippen molar-refractivity contribution in [2.24, 2.45) is 0 Å². The number of benzene rings is 2. The van der Waals surface area contributed by atoms with Gasteiger partial charge in [0.1, 0.15) is 5.15 Å². The second-order valence-corrected chi connectivity index (χ2v) is 5.38. The van der Waals surface area contributed by atoms with Gasteiger partial charge in [0.15, 0.2) is 0 Å². The number of anilines is 1. The first-order chi connectivity index (χ1) is 10.3. The van der Waals surface area contributed by atoms with Gasteiger partial charge in [-0.15, -0.1) is 0 Å². The van der Waals surface area contributed by atoms with E-state index in [9.17, 15) is 4.79 Å². The Morgan fingerprint density at radius 2 is 1.86 bits per heavy atom. The summed E-state index contributed by atoms with van der Waals surface area (Å²) in [6, 6.07) is 15.5. The van der Waals surface area contributed by atoms with Crippen LogP contribution in [0, 0.1) is 0 Å². The van der Waals surface area contributed by atoms with Crippen LogP contribution in [-0.2, 0) is 6.54 Å². The van der Waals surface area contributed by atoms with Crippen molar-refractivity contribution in [3.05, 3.63) is 71.0 Å².